The van der Waals surface area contributed by atoms with Gasteiger partial charge < -0.3 is 23.0 Å². The van der Waals surface area contributed by atoms with Crippen molar-refractivity contribution < 1.29 is 14.3 Å². The lowest BCUT2D eigenvalue weighted by molar-refractivity contribution is 0.0270. The Labute approximate surface area is 271 Å². The number of aromatic nitrogens is 1. The van der Waals surface area contributed by atoms with Gasteiger partial charge in [0.05, 0.1) is 5.69 Å². The summed E-state index contributed by atoms with van der Waals surface area (Å²) in [6, 6.07) is 3.02. The monoisotopic (exact) mass is 727 g/mol. The van der Waals surface area contributed by atoms with Crippen LogP contribution in [0.15, 0.2) is 34.2 Å². The zero-order chi connectivity index (χ0) is 30.2. The lowest BCUT2D eigenvalue weighted by atomic mass is 9.93. The van der Waals surface area contributed by atoms with Crippen molar-refractivity contribution in [1.29, 1.82) is 0 Å². The van der Waals surface area contributed by atoms with Crippen LogP contribution >= 0.6 is 11.6 Å². The number of halogens is 1. The third kappa shape index (κ3) is 7.71. The fraction of sp³-hybridized carbons (Fsp3) is 0.375. The minimum Gasteiger partial charge on any atom is -0.444 e. The van der Waals surface area contributed by atoms with Crippen LogP contribution in [0.5, 0.6) is 0 Å². The molecule has 0 spiro atoms. The maximum absolute atomic E-state index is 13.6. The van der Waals surface area contributed by atoms with E-state index in [2.05, 4.69) is 10.3 Å². The van der Waals surface area contributed by atoms with Gasteiger partial charge in [0.1, 0.15) is 10.8 Å². The number of rotatable bonds is 6. The highest BCUT2D eigenvalue weighted by Gasteiger charge is 2.28. The van der Waals surface area contributed by atoms with E-state index < -0.39 is 38.8 Å². The summed E-state index contributed by atoms with van der Waals surface area (Å²) >= 11 is 40.1. The Hall–Kier alpha value is -0.490. The Bertz CT molecular complexity index is 1670. The summed E-state index contributed by atoms with van der Waals surface area (Å²) in [4.78, 5) is 33.2. The lowest BCUT2D eigenvalue weighted by Crippen LogP contribution is -2.39. The number of benzene rings is 1. The van der Waals surface area contributed by atoms with Gasteiger partial charge in [0.25, 0.3) is 5.91 Å². The summed E-state index contributed by atoms with van der Waals surface area (Å²) in [5.41, 5.74) is 3.26. The minimum atomic E-state index is -2.55. The summed E-state index contributed by atoms with van der Waals surface area (Å²) < 4.78 is 5.55. The predicted molar refractivity (Wildman–Crippen MR) is 186 cm³/mol. The molecule has 0 aliphatic carbocycles. The smallest absolute Gasteiger partial charge is 0.410 e. The second-order valence-electron chi connectivity index (χ2n) is 9.78. The molecule has 0 atom stereocenters. The van der Waals surface area contributed by atoms with Crippen LogP contribution in [0, 0.1) is 13.8 Å². The molecule has 3 rings (SSSR count). The van der Waals surface area contributed by atoms with E-state index in [9.17, 15) is 9.59 Å². The van der Waals surface area contributed by atoms with Gasteiger partial charge in [-0.15, -0.1) is 11.1 Å². The Morgan fingerprint density at radius 2 is 1.80 bits per heavy atom. The molecule has 1 aliphatic rings. The Morgan fingerprint density at radius 3 is 2.30 bits per heavy atom. The molecule has 1 aromatic heterocycles. The van der Waals surface area contributed by atoms with Gasteiger partial charge in [0, 0.05) is 29.7 Å². The number of nitrogens with one attached hydrogen (secondary N) is 1. The van der Waals surface area contributed by atoms with Crippen LogP contribution in [0.1, 0.15) is 54.2 Å². The molecule has 1 N–H and O–H groups in total. The lowest BCUT2D eigenvalue weighted by Gasteiger charge is -2.34. The Morgan fingerprint density at radius 1 is 1.15 bits per heavy atom. The molecule has 2 amide bonds. The average Bonchev–Trinajstić information content (AvgIpc) is 2.84. The molecule has 0 fully saturated rings. The minimum absolute atomic E-state index is 0.174. The third-order valence-corrected chi connectivity index (χ3v) is 21.2. The second kappa shape index (κ2) is 13.4. The number of ether oxygens (including phenoxy) is 1. The summed E-state index contributed by atoms with van der Waals surface area (Å²) in [5.74, 6) is -0.435. The highest BCUT2D eigenvalue weighted by Crippen LogP contribution is 2.43. The first-order valence-corrected chi connectivity index (χ1v) is 22.2. The van der Waals surface area contributed by atoms with Gasteiger partial charge in [-0.3, -0.25) is 34.2 Å². The molecule has 0 radical (unpaired) electrons. The van der Waals surface area contributed by atoms with Gasteiger partial charge in [0.2, 0.25) is 0 Å². The quantitative estimate of drug-likeness (QED) is 0.237. The first-order chi connectivity index (χ1) is 18.5. The number of carbonyl (C=O) groups excluding carboxylic acids is 2. The van der Waals surface area contributed by atoms with Crippen molar-refractivity contribution in [3.05, 3.63) is 51.8 Å². The molecule has 218 valence electrons. The number of pyridine rings is 1. The van der Waals surface area contributed by atoms with Crippen LogP contribution in [-0.4, -0.2) is 40.6 Å². The van der Waals surface area contributed by atoms with Gasteiger partial charge in [0.15, 0.2) is 0 Å². The van der Waals surface area contributed by atoms with Crippen LogP contribution in [0.2, 0.25) is 5.15 Å². The predicted octanol–water partition coefficient (Wildman–Crippen LogP) is 5.42. The maximum Gasteiger partial charge on any atom is 0.410 e. The molecule has 0 unspecified atom stereocenters. The molecular formula is C24H26ClN3O3S9-2. The van der Waals surface area contributed by atoms with E-state index in [4.69, 9.17) is 83.5 Å². The van der Waals surface area contributed by atoms with Crippen LogP contribution in [0.25, 0.3) is 5.57 Å². The largest absolute Gasteiger partial charge is 0.444 e. The standard InChI is InChI=1S/C24H26ClN3O3S9/c1-13-14(2)21(40(36,37)39(34)35)19(27-22(29)16-6-9-26-17(25)12-16)18(20(13)38(32)33)15-7-10-28(11-8-15)23(30)31-24(3,4)5/h6-7,9,12H,8,10-11H2,1-5H3,(H,27,29)/q-2. The normalized spacial score (nSPS) is 14.3. The van der Waals surface area contributed by atoms with E-state index in [1.807, 2.05) is 40.7 Å². The number of carbonyl (C=O) groups is 2. The SMILES string of the molecule is Cc1c(C)c(S(=S)(=S)[S-](=S)=S)c(NC(=O)c2ccnc(Cl)c2)c(C2=CCN(C(=O)OC(C)(C)C)CC2)c1[S-](=S)=S. The summed E-state index contributed by atoms with van der Waals surface area (Å²) in [5, 5.41) is 3.22. The van der Waals surface area contributed by atoms with E-state index in [1.54, 1.807) is 11.0 Å². The second-order valence-corrected chi connectivity index (χ2v) is 26.7. The molecule has 1 aliphatic heterocycles. The van der Waals surface area contributed by atoms with Crippen LogP contribution in [0.3, 0.4) is 0 Å². The first kappa shape index (κ1) is 34.0. The number of hydrogen-bond donors (Lipinski definition) is 1. The zero-order valence-electron chi connectivity index (χ0n) is 22.1. The van der Waals surface area contributed by atoms with Crippen LogP contribution in [-0.2, 0) is 93.1 Å². The van der Waals surface area contributed by atoms with E-state index >= 15 is 0 Å². The van der Waals surface area contributed by atoms with Crippen molar-refractivity contribution in [2.24, 2.45) is 0 Å². The number of nitrogens with zero attached hydrogens (tertiary/aromatic N) is 2. The van der Waals surface area contributed by atoms with Gasteiger partial charge in [-0.25, -0.2) is 32.2 Å². The maximum atomic E-state index is 13.6. The van der Waals surface area contributed by atoms with Crippen molar-refractivity contribution in [3.63, 3.8) is 0 Å². The molecule has 16 heteroatoms. The summed E-state index contributed by atoms with van der Waals surface area (Å²) in [6.45, 7) is 9.96. The average molecular weight is 729 g/mol. The molecule has 0 bridgehead atoms. The van der Waals surface area contributed by atoms with Gasteiger partial charge in [-0.2, -0.15) is 0 Å². The van der Waals surface area contributed by atoms with Crippen LogP contribution in [0.4, 0.5) is 10.5 Å². The van der Waals surface area contributed by atoms with Crippen molar-refractivity contribution >= 4 is 123 Å². The third-order valence-electron chi connectivity index (χ3n) is 5.95. The number of hydrogen-bond acceptors (Lipinski definition) is 12. The molecule has 40 heavy (non-hydrogen) atoms. The first-order valence-electron chi connectivity index (χ1n) is 11.7. The number of amides is 2. The van der Waals surface area contributed by atoms with Gasteiger partial charge in [-0.05, 0) is 69.9 Å². The van der Waals surface area contributed by atoms with E-state index in [0.29, 0.717) is 41.2 Å². The van der Waals surface area contributed by atoms with E-state index in [0.717, 1.165) is 21.6 Å². The van der Waals surface area contributed by atoms with Crippen molar-refractivity contribution in [2.45, 2.75) is 56.4 Å². The highest BCUT2D eigenvalue weighted by atomic mass is 35.5. The summed E-state index contributed by atoms with van der Waals surface area (Å²) in [6.07, 6.45) is 0.879. The highest BCUT2D eigenvalue weighted by molar-refractivity contribution is 9.05. The van der Waals surface area contributed by atoms with E-state index in [1.165, 1.54) is 12.3 Å². The fourth-order valence-electron chi connectivity index (χ4n) is 4.08. The molecule has 2 aromatic rings. The Kier molecular flexibility index (Phi) is 11.4. The van der Waals surface area contributed by atoms with Crippen molar-refractivity contribution in [1.82, 2.24) is 9.88 Å². The fourth-order valence-corrected chi connectivity index (χ4v) is 10.9. The summed E-state index contributed by atoms with van der Waals surface area (Å²) in [7, 11) is -2.20. The zero-order valence-corrected chi connectivity index (χ0v) is 30.2. The number of anilines is 1. The topological polar surface area (TPSA) is 71.5 Å². The molecular weight excluding hydrogens is 702 g/mol. The van der Waals surface area contributed by atoms with Gasteiger partial charge in [-0.1, -0.05) is 45.6 Å². The molecule has 2 heterocycles. The van der Waals surface area contributed by atoms with Gasteiger partial charge >= 0.3 is 6.09 Å². The molecule has 0 saturated carbocycles. The molecule has 6 nitrogen and oxygen atoms in total. The van der Waals surface area contributed by atoms with Crippen LogP contribution < -0.4 is 5.32 Å². The molecule has 1 aromatic carbocycles. The van der Waals surface area contributed by atoms with Crippen molar-refractivity contribution in [2.75, 3.05) is 18.4 Å². The van der Waals surface area contributed by atoms with E-state index in [-0.39, 0.29) is 5.15 Å². The molecule has 0 saturated heterocycles. The van der Waals surface area contributed by atoms with Crippen molar-refractivity contribution in [3.8, 4) is 0 Å². The Balaban J connectivity index is 2.31.